The zero-order valence-electron chi connectivity index (χ0n) is 16.9. The lowest BCUT2D eigenvalue weighted by molar-refractivity contribution is -0.135. The smallest absolute Gasteiger partial charge is 0.333 e. The highest BCUT2D eigenvalue weighted by molar-refractivity contribution is 6.74. The monoisotopic (exact) mass is 392 g/mol. The lowest BCUT2D eigenvalue weighted by atomic mass is 9.91. The summed E-state index contributed by atoms with van der Waals surface area (Å²) in [6, 6.07) is 3.69. The Hall–Kier alpha value is -1.99. The van der Waals surface area contributed by atoms with Crippen molar-refractivity contribution in [2.75, 3.05) is 20.5 Å². The maximum atomic E-state index is 12.0. The van der Waals surface area contributed by atoms with Gasteiger partial charge in [0.1, 0.15) is 12.4 Å². The molecule has 0 saturated carbocycles. The molecule has 27 heavy (non-hydrogen) atoms. The van der Waals surface area contributed by atoms with Crippen LogP contribution in [0.5, 0.6) is 17.2 Å². The number of methoxy groups -OCH3 is 1. The molecule has 0 spiro atoms. The molecule has 3 rings (SSSR count). The van der Waals surface area contributed by atoms with Crippen LogP contribution in [0.2, 0.25) is 18.1 Å². The summed E-state index contributed by atoms with van der Waals surface area (Å²) in [4.78, 5) is 12.0. The van der Waals surface area contributed by atoms with Gasteiger partial charge in [0, 0.05) is 17.2 Å². The van der Waals surface area contributed by atoms with Crippen LogP contribution in [0.15, 0.2) is 24.3 Å². The van der Waals surface area contributed by atoms with Gasteiger partial charge in [0.05, 0.1) is 19.1 Å². The SMILES string of the molecule is C=C1C(=O)OC[C@@H]1[C@H](O[Si](C)(C)C(C)(C)C)c1cc2c(cc1OC)OCO2. The molecule has 2 aliphatic rings. The molecule has 7 heteroatoms. The molecule has 148 valence electrons. The Kier molecular flexibility index (Phi) is 5.03. The van der Waals surface area contributed by atoms with Gasteiger partial charge < -0.3 is 23.4 Å². The van der Waals surface area contributed by atoms with Gasteiger partial charge in [-0.05, 0) is 24.2 Å². The van der Waals surface area contributed by atoms with Crippen LogP contribution < -0.4 is 14.2 Å². The summed E-state index contributed by atoms with van der Waals surface area (Å²) in [7, 11) is -0.560. The molecule has 1 fully saturated rings. The van der Waals surface area contributed by atoms with Gasteiger partial charge in [-0.25, -0.2) is 4.79 Å². The predicted molar refractivity (Wildman–Crippen MR) is 104 cm³/mol. The number of ether oxygens (including phenoxy) is 4. The average Bonchev–Trinajstić information content (AvgIpc) is 3.17. The molecule has 0 aromatic heterocycles. The number of benzene rings is 1. The van der Waals surface area contributed by atoms with Crippen molar-refractivity contribution in [3.05, 3.63) is 29.8 Å². The van der Waals surface area contributed by atoms with Gasteiger partial charge in [-0.2, -0.15) is 0 Å². The molecule has 1 aromatic rings. The summed E-state index contributed by atoms with van der Waals surface area (Å²) in [5, 5.41) is -0.000369. The summed E-state index contributed by atoms with van der Waals surface area (Å²) in [6.45, 7) is 15.3. The van der Waals surface area contributed by atoms with Gasteiger partial charge in [-0.15, -0.1) is 0 Å². The molecule has 1 aromatic carbocycles. The van der Waals surface area contributed by atoms with Crippen molar-refractivity contribution in [2.24, 2.45) is 5.92 Å². The second kappa shape index (κ2) is 6.87. The third-order valence-corrected chi connectivity index (χ3v) is 10.2. The van der Waals surface area contributed by atoms with E-state index in [1.165, 1.54) is 0 Å². The van der Waals surface area contributed by atoms with Crippen molar-refractivity contribution in [1.82, 2.24) is 0 Å². The second-order valence-electron chi connectivity index (χ2n) is 8.48. The molecule has 2 aliphatic heterocycles. The Morgan fingerprint density at radius 3 is 2.33 bits per heavy atom. The molecule has 0 N–H and O–H groups in total. The van der Waals surface area contributed by atoms with E-state index in [1.54, 1.807) is 13.2 Å². The molecule has 0 radical (unpaired) electrons. The zero-order valence-corrected chi connectivity index (χ0v) is 17.9. The Morgan fingerprint density at radius 2 is 1.81 bits per heavy atom. The number of rotatable bonds is 5. The van der Waals surface area contributed by atoms with E-state index in [1.807, 2.05) is 6.07 Å². The highest BCUT2D eigenvalue weighted by Gasteiger charge is 2.45. The molecule has 2 atom stereocenters. The van der Waals surface area contributed by atoms with Gasteiger partial charge in [-0.1, -0.05) is 27.4 Å². The maximum absolute atomic E-state index is 12.0. The minimum atomic E-state index is -2.17. The van der Waals surface area contributed by atoms with E-state index in [-0.39, 0.29) is 30.3 Å². The fourth-order valence-electron chi connectivity index (χ4n) is 2.97. The first-order valence-electron chi connectivity index (χ1n) is 9.06. The Bertz CT molecular complexity index is 764. The lowest BCUT2D eigenvalue weighted by Crippen LogP contribution is -2.43. The van der Waals surface area contributed by atoms with Crippen LogP contribution in [0.1, 0.15) is 32.4 Å². The number of carbonyl (C=O) groups is 1. The van der Waals surface area contributed by atoms with Gasteiger partial charge >= 0.3 is 5.97 Å². The van der Waals surface area contributed by atoms with Crippen molar-refractivity contribution >= 4 is 14.3 Å². The number of esters is 1. The van der Waals surface area contributed by atoms with E-state index < -0.39 is 14.4 Å². The van der Waals surface area contributed by atoms with Crippen LogP contribution >= 0.6 is 0 Å². The van der Waals surface area contributed by atoms with Gasteiger partial charge in [0.15, 0.2) is 19.8 Å². The van der Waals surface area contributed by atoms with Crippen LogP contribution in [0.25, 0.3) is 0 Å². The number of carbonyl (C=O) groups excluding carboxylic acids is 1. The lowest BCUT2D eigenvalue weighted by Gasteiger charge is -2.41. The summed E-state index contributed by atoms with van der Waals surface area (Å²) in [5.74, 6) is 1.27. The molecular weight excluding hydrogens is 364 g/mol. The highest BCUT2D eigenvalue weighted by atomic mass is 28.4. The van der Waals surface area contributed by atoms with Crippen molar-refractivity contribution in [1.29, 1.82) is 0 Å². The molecule has 1 saturated heterocycles. The van der Waals surface area contributed by atoms with E-state index in [0.717, 1.165) is 5.56 Å². The summed E-state index contributed by atoms with van der Waals surface area (Å²) < 4.78 is 28.6. The van der Waals surface area contributed by atoms with Crippen LogP contribution in [0.4, 0.5) is 0 Å². The first kappa shape index (κ1) is 19.8. The third kappa shape index (κ3) is 3.58. The third-order valence-electron chi connectivity index (χ3n) is 5.73. The first-order valence-corrected chi connectivity index (χ1v) is 12.0. The minimum absolute atomic E-state index is 0.000369. The van der Waals surface area contributed by atoms with E-state index in [9.17, 15) is 4.79 Å². The number of fused-ring (bicyclic) bond motifs is 1. The van der Waals surface area contributed by atoms with Crippen molar-refractivity contribution in [3.63, 3.8) is 0 Å². The van der Waals surface area contributed by atoms with E-state index in [0.29, 0.717) is 22.8 Å². The molecule has 0 amide bonds. The Labute approximate surface area is 161 Å². The summed E-state index contributed by atoms with van der Waals surface area (Å²) in [6.07, 6.45) is -0.422. The summed E-state index contributed by atoms with van der Waals surface area (Å²) in [5.41, 5.74) is 1.24. The van der Waals surface area contributed by atoms with Gasteiger partial charge in [-0.3, -0.25) is 0 Å². The minimum Gasteiger partial charge on any atom is -0.496 e. The van der Waals surface area contributed by atoms with Crippen LogP contribution in [-0.4, -0.2) is 34.8 Å². The number of hydrogen-bond acceptors (Lipinski definition) is 6. The quantitative estimate of drug-likeness (QED) is 0.425. The van der Waals surface area contributed by atoms with Gasteiger partial charge in [0.25, 0.3) is 0 Å². The zero-order chi connectivity index (χ0) is 20.0. The number of cyclic esters (lactones) is 1. The summed E-state index contributed by atoms with van der Waals surface area (Å²) >= 11 is 0. The van der Waals surface area contributed by atoms with Crippen LogP contribution in [0.3, 0.4) is 0 Å². The molecular formula is C20H28O6Si. The van der Waals surface area contributed by atoms with Crippen LogP contribution in [0, 0.1) is 5.92 Å². The molecule has 0 unspecified atom stereocenters. The van der Waals surface area contributed by atoms with Gasteiger partial charge in [0.2, 0.25) is 6.79 Å². The van der Waals surface area contributed by atoms with Crippen molar-refractivity contribution in [3.8, 4) is 17.2 Å². The fourth-order valence-corrected chi connectivity index (χ4v) is 4.25. The van der Waals surface area contributed by atoms with Crippen molar-refractivity contribution < 1.29 is 28.2 Å². The highest BCUT2D eigenvalue weighted by Crippen LogP contribution is 2.48. The predicted octanol–water partition coefficient (Wildman–Crippen LogP) is 4.22. The standard InChI is InChI=1S/C20H28O6Si/c1-12-14(10-23-19(12)21)18(26-27(6,7)20(2,3)4)13-8-16-17(25-11-24-16)9-15(13)22-5/h8-9,14,18H,1,10-11H2,2-7H3/t14-,18+/m0/s1. The van der Waals surface area contributed by atoms with E-state index in [4.69, 9.17) is 23.4 Å². The Balaban J connectivity index is 2.08. The molecule has 0 aliphatic carbocycles. The average molecular weight is 393 g/mol. The Morgan fingerprint density at radius 1 is 1.19 bits per heavy atom. The molecule has 0 bridgehead atoms. The van der Waals surface area contributed by atoms with Crippen molar-refractivity contribution in [2.45, 2.75) is 45.0 Å². The molecule has 6 nitrogen and oxygen atoms in total. The van der Waals surface area contributed by atoms with Crippen LogP contribution in [-0.2, 0) is 14.0 Å². The first-order chi connectivity index (χ1) is 12.5. The fraction of sp³-hybridized carbons (Fsp3) is 0.550. The van der Waals surface area contributed by atoms with E-state index in [2.05, 4.69) is 40.4 Å². The number of hydrogen-bond donors (Lipinski definition) is 0. The van der Waals surface area contributed by atoms with E-state index >= 15 is 0 Å². The second-order valence-corrected chi connectivity index (χ2v) is 13.2. The topological polar surface area (TPSA) is 63.2 Å². The normalized spacial score (nSPS) is 20.6. The largest absolute Gasteiger partial charge is 0.496 e. The molecule has 2 heterocycles. The maximum Gasteiger partial charge on any atom is 0.333 e.